The maximum Gasteiger partial charge on any atom is 0.123 e. The second-order valence-electron chi connectivity index (χ2n) is 5.30. The van der Waals surface area contributed by atoms with Gasteiger partial charge < -0.3 is 0 Å². The summed E-state index contributed by atoms with van der Waals surface area (Å²) in [6.45, 7) is 6.57. The van der Waals surface area contributed by atoms with Crippen molar-refractivity contribution in [3.63, 3.8) is 0 Å². The third-order valence-electron chi connectivity index (χ3n) is 2.89. The number of hydrogen-bond acceptors (Lipinski definition) is 0. The van der Waals surface area contributed by atoms with Gasteiger partial charge >= 0.3 is 0 Å². The van der Waals surface area contributed by atoms with E-state index in [2.05, 4.69) is 32.9 Å². The van der Waals surface area contributed by atoms with Crippen LogP contribution in [0.25, 0.3) is 11.1 Å². The van der Waals surface area contributed by atoms with Gasteiger partial charge in [0.25, 0.3) is 0 Å². The number of hydrogen-bond donors (Lipinski definition) is 0. The van der Waals surface area contributed by atoms with Crippen molar-refractivity contribution in [2.75, 3.05) is 0 Å². The third kappa shape index (κ3) is 2.55. The second-order valence-corrected chi connectivity index (χ2v) is 5.30. The van der Waals surface area contributed by atoms with E-state index in [1.807, 2.05) is 24.3 Å². The van der Waals surface area contributed by atoms with Gasteiger partial charge in [0.15, 0.2) is 0 Å². The van der Waals surface area contributed by atoms with Crippen LogP contribution in [-0.2, 0) is 5.41 Å². The molecule has 0 saturated carbocycles. The molecule has 2 aromatic rings. The van der Waals surface area contributed by atoms with E-state index in [1.54, 1.807) is 0 Å². The molecule has 0 bridgehead atoms. The molecule has 0 heterocycles. The standard InChI is InChI=1S/C16H17F/c1-16(2,3)15-7-5-4-6-14(15)12-8-10-13(17)11-9-12/h4-11H,1-3H3. The van der Waals surface area contributed by atoms with Crippen LogP contribution in [0.2, 0.25) is 0 Å². The molecule has 1 heteroatoms. The lowest BCUT2D eigenvalue weighted by atomic mass is 9.82. The first-order valence-electron chi connectivity index (χ1n) is 5.84. The Morgan fingerprint density at radius 3 is 2.00 bits per heavy atom. The van der Waals surface area contributed by atoms with E-state index in [0.717, 1.165) is 5.56 Å². The topological polar surface area (TPSA) is 0 Å². The van der Waals surface area contributed by atoms with Crippen molar-refractivity contribution in [3.8, 4) is 11.1 Å². The highest BCUT2D eigenvalue weighted by atomic mass is 19.1. The summed E-state index contributed by atoms with van der Waals surface area (Å²) < 4.78 is 12.9. The van der Waals surface area contributed by atoms with Crippen LogP contribution < -0.4 is 0 Å². The zero-order valence-electron chi connectivity index (χ0n) is 10.5. The van der Waals surface area contributed by atoms with E-state index < -0.39 is 0 Å². The Labute approximate surface area is 102 Å². The van der Waals surface area contributed by atoms with Crippen LogP contribution >= 0.6 is 0 Å². The predicted molar refractivity (Wildman–Crippen MR) is 70.5 cm³/mol. The maximum absolute atomic E-state index is 12.9. The molecular weight excluding hydrogens is 211 g/mol. The molecule has 0 aromatic heterocycles. The van der Waals surface area contributed by atoms with Gasteiger partial charge in [-0.15, -0.1) is 0 Å². The Kier molecular flexibility index (Phi) is 3.01. The highest BCUT2D eigenvalue weighted by Crippen LogP contribution is 2.32. The van der Waals surface area contributed by atoms with Gasteiger partial charge in [-0.1, -0.05) is 57.2 Å². The van der Waals surface area contributed by atoms with Crippen molar-refractivity contribution < 1.29 is 4.39 Å². The average Bonchev–Trinajstić information content (AvgIpc) is 2.29. The number of benzene rings is 2. The Morgan fingerprint density at radius 2 is 1.41 bits per heavy atom. The van der Waals surface area contributed by atoms with Crippen LogP contribution in [0.3, 0.4) is 0 Å². The second kappa shape index (κ2) is 4.33. The largest absolute Gasteiger partial charge is 0.207 e. The molecule has 0 nitrogen and oxygen atoms in total. The molecule has 0 unspecified atom stereocenters. The lowest BCUT2D eigenvalue weighted by Crippen LogP contribution is -2.12. The summed E-state index contributed by atoms with van der Waals surface area (Å²) in [5.74, 6) is -0.193. The normalized spacial score (nSPS) is 11.5. The van der Waals surface area contributed by atoms with Crippen LogP contribution in [-0.4, -0.2) is 0 Å². The fourth-order valence-electron chi connectivity index (χ4n) is 2.02. The van der Waals surface area contributed by atoms with E-state index in [0.29, 0.717) is 0 Å². The zero-order chi connectivity index (χ0) is 12.5. The molecule has 0 aliphatic rings. The Bertz CT molecular complexity index is 504. The first-order valence-corrected chi connectivity index (χ1v) is 5.84. The van der Waals surface area contributed by atoms with Gasteiger partial charge in [0.1, 0.15) is 5.82 Å². The van der Waals surface area contributed by atoms with Crippen molar-refractivity contribution in [1.29, 1.82) is 0 Å². The molecule has 17 heavy (non-hydrogen) atoms. The SMILES string of the molecule is CC(C)(C)c1ccccc1-c1ccc(F)cc1. The van der Waals surface area contributed by atoms with Gasteiger partial charge in [0.2, 0.25) is 0 Å². The minimum Gasteiger partial charge on any atom is -0.207 e. The summed E-state index contributed by atoms with van der Waals surface area (Å²) in [6.07, 6.45) is 0. The van der Waals surface area contributed by atoms with Crippen LogP contribution in [0.4, 0.5) is 4.39 Å². The fraction of sp³-hybridized carbons (Fsp3) is 0.250. The molecule has 0 amide bonds. The molecule has 0 fully saturated rings. The van der Waals surface area contributed by atoms with Gasteiger partial charge in [0.05, 0.1) is 0 Å². The minimum absolute atomic E-state index is 0.0883. The average molecular weight is 228 g/mol. The van der Waals surface area contributed by atoms with E-state index in [4.69, 9.17) is 0 Å². The van der Waals surface area contributed by atoms with Crippen molar-refractivity contribution in [3.05, 3.63) is 59.9 Å². The minimum atomic E-state index is -0.193. The summed E-state index contributed by atoms with van der Waals surface area (Å²) >= 11 is 0. The van der Waals surface area contributed by atoms with Crippen molar-refractivity contribution in [1.82, 2.24) is 0 Å². The van der Waals surface area contributed by atoms with Crippen molar-refractivity contribution in [2.45, 2.75) is 26.2 Å². The highest BCUT2D eigenvalue weighted by Gasteiger charge is 2.17. The lowest BCUT2D eigenvalue weighted by Gasteiger charge is -2.23. The smallest absolute Gasteiger partial charge is 0.123 e. The first kappa shape index (κ1) is 11.8. The van der Waals surface area contributed by atoms with Gasteiger partial charge in [-0.2, -0.15) is 0 Å². The van der Waals surface area contributed by atoms with Crippen molar-refractivity contribution in [2.24, 2.45) is 0 Å². The van der Waals surface area contributed by atoms with Crippen LogP contribution in [0.15, 0.2) is 48.5 Å². The fourth-order valence-corrected chi connectivity index (χ4v) is 2.02. The van der Waals surface area contributed by atoms with Crippen LogP contribution in [0.5, 0.6) is 0 Å². The summed E-state index contributed by atoms with van der Waals surface area (Å²) in [7, 11) is 0. The van der Waals surface area contributed by atoms with Gasteiger partial charge in [-0.3, -0.25) is 0 Å². The molecule has 0 aliphatic heterocycles. The molecule has 88 valence electrons. The first-order chi connectivity index (χ1) is 7.98. The van der Waals surface area contributed by atoms with Crippen LogP contribution in [0, 0.1) is 5.82 Å². The molecule has 2 rings (SSSR count). The molecule has 0 radical (unpaired) electrons. The summed E-state index contributed by atoms with van der Waals surface area (Å²) in [6, 6.07) is 15.0. The summed E-state index contributed by atoms with van der Waals surface area (Å²) in [4.78, 5) is 0. The summed E-state index contributed by atoms with van der Waals surface area (Å²) in [5.41, 5.74) is 3.62. The monoisotopic (exact) mass is 228 g/mol. The van der Waals surface area contributed by atoms with Gasteiger partial charge in [-0.05, 0) is 34.2 Å². The molecular formula is C16H17F. The molecule has 0 atom stereocenters. The van der Waals surface area contributed by atoms with Crippen LogP contribution in [0.1, 0.15) is 26.3 Å². The number of halogens is 1. The molecule has 0 spiro atoms. The van der Waals surface area contributed by atoms with E-state index in [9.17, 15) is 4.39 Å². The van der Waals surface area contributed by atoms with Crippen molar-refractivity contribution >= 4 is 0 Å². The van der Waals surface area contributed by atoms with Gasteiger partial charge in [-0.25, -0.2) is 4.39 Å². The Balaban J connectivity index is 2.56. The summed E-state index contributed by atoms with van der Waals surface area (Å²) in [5, 5.41) is 0. The quantitative estimate of drug-likeness (QED) is 0.658. The Hall–Kier alpha value is -1.63. The van der Waals surface area contributed by atoms with Gasteiger partial charge in [0, 0.05) is 0 Å². The molecule has 0 saturated heterocycles. The zero-order valence-corrected chi connectivity index (χ0v) is 10.5. The third-order valence-corrected chi connectivity index (χ3v) is 2.89. The number of rotatable bonds is 1. The van der Waals surface area contributed by atoms with E-state index in [1.165, 1.54) is 23.3 Å². The predicted octanol–water partition coefficient (Wildman–Crippen LogP) is 4.79. The van der Waals surface area contributed by atoms with E-state index >= 15 is 0 Å². The Morgan fingerprint density at radius 1 is 0.824 bits per heavy atom. The molecule has 0 N–H and O–H groups in total. The maximum atomic E-state index is 12.9. The lowest BCUT2D eigenvalue weighted by molar-refractivity contribution is 0.592. The molecule has 2 aromatic carbocycles. The molecule has 0 aliphatic carbocycles. The highest BCUT2D eigenvalue weighted by molar-refractivity contribution is 5.68. The van der Waals surface area contributed by atoms with E-state index in [-0.39, 0.29) is 11.2 Å².